The second-order valence-corrected chi connectivity index (χ2v) is 3.47. The van der Waals surface area contributed by atoms with Gasteiger partial charge >= 0.3 is 0 Å². The third kappa shape index (κ3) is 1.72. The first kappa shape index (κ1) is 10.1. The molecular formula is C11H15NO3. The highest BCUT2D eigenvalue weighted by Gasteiger charge is 2.21. The maximum atomic E-state index is 5.96. The van der Waals surface area contributed by atoms with E-state index in [-0.39, 0.29) is 12.8 Å². The molecule has 0 radical (unpaired) electrons. The maximum absolute atomic E-state index is 5.96. The largest absolute Gasteiger partial charge is 0.493 e. The summed E-state index contributed by atoms with van der Waals surface area (Å²) < 4.78 is 15.9. The summed E-state index contributed by atoms with van der Waals surface area (Å²) in [5, 5.41) is 0. The van der Waals surface area contributed by atoms with Gasteiger partial charge in [0.25, 0.3) is 0 Å². The maximum Gasteiger partial charge on any atom is 0.231 e. The van der Waals surface area contributed by atoms with Crippen molar-refractivity contribution < 1.29 is 14.2 Å². The second-order valence-electron chi connectivity index (χ2n) is 3.47. The van der Waals surface area contributed by atoms with Gasteiger partial charge in [-0.15, -0.1) is 0 Å². The molecule has 4 heteroatoms. The summed E-state index contributed by atoms with van der Waals surface area (Å²) in [6.07, 6.45) is 0.878. The van der Waals surface area contributed by atoms with Gasteiger partial charge in [-0.25, -0.2) is 0 Å². The Morgan fingerprint density at radius 2 is 2.27 bits per heavy atom. The summed E-state index contributed by atoms with van der Waals surface area (Å²) in [6.45, 7) is 2.29. The molecule has 0 unspecified atom stereocenters. The van der Waals surface area contributed by atoms with Crippen molar-refractivity contribution in [1.82, 2.24) is 0 Å². The van der Waals surface area contributed by atoms with E-state index in [9.17, 15) is 0 Å². The highest BCUT2D eigenvalue weighted by molar-refractivity contribution is 5.55. The minimum Gasteiger partial charge on any atom is -0.493 e. The molecule has 0 amide bonds. The summed E-state index contributed by atoms with van der Waals surface area (Å²) in [5.74, 6) is 2.07. The van der Waals surface area contributed by atoms with Gasteiger partial charge in [-0.05, 0) is 24.1 Å². The lowest BCUT2D eigenvalue weighted by Gasteiger charge is -2.12. The lowest BCUT2D eigenvalue weighted by Crippen LogP contribution is -2.08. The number of hydrogen-bond donors (Lipinski definition) is 1. The van der Waals surface area contributed by atoms with Gasteiger partial charge in [0.15, 0.2) is 11.5 Å². The van der Waals surface area contributed by atoms with Gasteiger partial charge in [0.1, 0.15) is 0 Å². The lowest BCUT2D eigenvalue weighted by molar-refractivity contribution is 0.171. The summed E-state index contributed by atoms with van der Waals surface area (Å²) in [5.41, 5.74) is 6.97. The molecule has 0 bridgehead atoms. The van der Waals surface area contributed by atoms with Crippen LogP contribution in [0.4, 0.5) is 0 Å². The Balaban J connectivity index is 2.43. The molecule has 4 nitrogen and oxygen atoms in total. The summed E-state index contributed by atoms with van der Waals surface area (Å²) in [4.78, 5) is 0. The second kappa shape index (κ2) is 3.98. The fourth-order valence-corrected chi connectivity index (χ4v) is 1.60. The fraction of sp³-hybridized carbons (Fsp3) is 0.455. The molecule has 2 N–H and O–H groups in total. The van der Waals surface area contributed by atoms with Crippen molar-refractivity contribution in [2.24, 2.45) is 5.73 Å². The molecular weight excluding hydrogens is 194 g/mol. The highest BCUT2D eigenvalue weighted by atomic mass is 16.7. The van der Waals surface area contributed by atoms with Crippen LogP contribution in [0, 0.1) is 0 Å². The first-order valence-corrected chi connectivity index (χ1v) is 4.99. The van der Waals surface area contributed by atoms with Crippen LogP contribution in [-0.2, 0) is 0 Å². The van der Waals surface area contributed by atoms with Crippen LogP contribution in [0.3, 0.4) is 0 Å². The highest BCUT2D eigenvalue weighted by Crippen LogP contribution is 2.42. The van der Waals surface area contributed by atoms with E-state index in [1.165, 1.54) is 0 Å². The Morgan fingerprint density at radius 1 is 1.47 bits per heavy atom. The number of hydrogen-bond acceptors (Lipinski definition) is 4. The first-order valence-electron chi connectivity index (χ1n) is 4.99. The minimum absolute atomic E-state index is 0.00778. The van der Waals surface area contributed by atoms with E-state index in [1.807, 2.05) is 19.1 Å². The zero-order valence-corrected chi connectivity index (χ0v) is 8.95. The monoisotopic (exact) mass is 209 g/mol. The van der Waals surface area contributed by atoms with Crippen LogP contribution in [0.2, 0.25) is 0 Å². The summed E-state index contributed by atoms with van der Waals surface area (Å²) in [6, 6.07) is 3.83. The third-order valence-corrected chi connectivity index (χ3v) is 2.55. The van der Waals surface area contributed by atoms with Gasteiger partial charge in [-0.3, -0.25) is 0 Å². The van der Waals surface area contributed by atoms with Crippen LogP contribution in [0.1, 0.15) is 24.9 Å². The minimum atomic E-state index is 0.00778. The van der Waals surface area contributed by atoms with Crippen molar-refractivity contribution in [3.63, 3.8) is 0 Å². The SMILES string of the molecule is CC[C@@H](N)c1cc(OC)c2c(c1)OCO2. The fourth-order valence-electron chi connectivity index (χ4n) is 1.60. The van der Waals surface area contributed by atoms with Gasteiger partial charge in [0.05, 0.1) is 7.11 Å². The topological polar surface area (TPSA) is 53.7 Å². The smallest absolute Gasteiger partial charge is 0.231 e. The van der Waals surface area contributed by atoms with E-state index in [1.54, 1.807) is 7.11 Å². The van der Waals surface area contributed by atoms with Gasteiger partial charge in [0.2, 0.25) is 12.5 Å². The van der Waals surface area contributed by atoms with Crippen LogP contribution >= 0.6 is 0 Å². The van der Waals surface area contributed by atoms with Crippen molar-refractivity contribution in [2.75, 3.05) is 13.9 Å². The van der Waals surface area contributed by atoms with Crippen molar-refractivity contribution in [3.8, 4) is 17.2 Å². The van der Waals surface area contributed by atoms with Gasteiger partial charge in [-0.2, -0.15) is 0 Å². The van der Waals surface area contributed by atoms with Gasteiger partial charge in [-0.1, -0.05) is 6.92 Å². The van der Waals surface area contributed by atoms with Crippen LogP contribution in [0.15, 0.2) is 12.1 Å². The predicted molar refractivity (Wildman–Crippen MR) is 56.3 cm³/mol. The van der Waals surface area contributed by atoms with Crippen molar-refractivity contribution >= 4 is 0 Å². The molecule has 82 valence electrons. The van der Waals surface area contributed by atoms with Gasteiger partial charge in [0, 0.05) is 6.04 Å². The molecule has 1 aromatic rings. The molecule has 1 aliphatic rings. The van der Waals surface area contributed by atoms with E-state index in [4.69, 9.17) is 19.9 Å². The van der Waals surface area contributed by atoms with Crippen molar-refractivity contribution in [1.29, 1.82) is 0 Å². The lowest BCUT2D eigenvalue weighted by atomic mass is 10.0. The Bertz CT molecular complexity index is 365. The molecule has 1 heterocycles. The van der Waals surface area contributed by atoms with E-state index in [0.29, 0.717) is 17.2 Å². The van der Waals surface area contributed by atoms with Crippen LogP contribution in [-0.4, -0.2) is 13.9 Å². The summed E-state index contributed by atoms with van der Waals surface area (Å²) in [7, 11) is 1.61. The molecule has 0 saturated carbocycles. The molecule has 2 rings (SSSR count). The molecule has 1 aromatic carbocycles. The molecule has 0 aromatic heterocycles. The van der Waals surface area contributed by atoms with Crippen LogP contribution in [0.25, 0.3) is 0 Å². The molecule has 1 aliphatic heterocycles. The van der Waals surface area contributed by atoms with Crippen LogP contribution < -0.4 is 19.9 Å². The Labute approximate surface area is 88.9 Å². The molecule has 0 fully saturated rings. The number of benzene rings is 1. The van der Waals surface area contributed by atoms with Crippen LogP contribution in [0.5, 0.6) is 17.2 Å². The summed E-state index contributed by atoms with van der Waals surface area (Å²) >= 11 is 0. The van der Waals surface area contributed by atoms with Gasteiger partial charge < -0.3 is 19.9 Å². The molecule has 0 spiro atoms. The number of nitrogens with two attached hydrogens (primary N) is 1. The Kier molecular flexibility index (Phi) is 2.68. The number of ether oxygens (including phenoxy) is 3. The average molecular weight is 209 g/mol. The molecule has 0 aliphatic carbocycles. The first-order chi connectivity index (χ1) is 7.26. The zero-order valence-electron chi connectivity index (χ0n) is 8.95. The van der Waals surface area contributed by atoms with E-state index in [2.05, 4.69) is 0 Å². The average Bonchev–Trinajstić information content (AvgIpc) is 2.74. The molecule has 0 saturated heterocycles. The molecule has 1 atom stereocenters. The van der Waals surface area contributed by atoms with E-state index < -0.39 is 0 Å². The van der Waals surface area contributed by atoms with E-state index >= 15 is 0 Å². The van der Waals surface area contributed by atoms with E-state index in [0.717, 1.165) is 12.0 Å². The van der Waals surface area contributed by atoms with Crippen molar-refractivity contribution in [2.45, 2.75) is 19.4 Å². The third-order valence-electron chi connectivity index (χ3n) is 2.55. The Hall–Kier alpha value is -1.42. The normalized spacial score (nSPS) is 15.1. The zero-order chi connectivity index (χ0) is 10.8. The van der Waals surface area contributed by atoms with Crippen molar-refractivity contribution in [3.05, 3.63) is 17.7 Å². The quantitative estimate of drug-likeness (QED) is 0.825. The standard InChI is InChI=1S/C11H15NO3/c1-3-8(12)7-4-9(13-2)11-10(5-7)14-6-15-11/h4-5,8H,3,6,12H2,1-2H3/t8-/m1/s1. The predicted octanol–water partition coefficient (Wildman–Crippen LogP) is 1.83. The Morgan fingerprint density at radius 3 is 2.93 bits per heavy atom. The molecule has 15 heavy (non-hydrogen) atoms. The number of fused-ring (bicyclic) bond motifs is 1. The number of rotatable bonds is 3. The number of methoxy groups -OCH3 is 1.